The SMILES string of the molecule is O=C(Nc1ccccc1F)c1ccc(S(=O)(=O)c2ccc(Cl)cc2)nc1. The van der Waals surface area contributed by atoms with Crippen molar-refractivity contribution in [2.45, 2.75) is 9.92 Å². The lowest BCUT2D eigenvalue weighted by Gasteiger charge is -2.07. The molecule has 0 atom stereocenters. The first-order valence-corrected chi connectivity index (χ1v) is 9.26. The van der Waals surface area contributed by atoms with Crippen LogP contribution in [0.4, 0.5) is 10.1 Å². The van der Waals surface area contributed by atoms with Gasteiger partial charge in [0.15, 0.2) is 5.03 Å². The van der Waals surface area contributed by atoms with Gasteiger partial charge in [0, 0.05) is 11.2 Å². The summed E-state index contributed by atoms with van der Waals surface area (Å²) in [5, 5.41) is 2.61. The molecule has 2 aromatic carbocycles. The topological polar surface area (TPSA) is 76.1 Å². The highest BCUT2D eigenvalue weighted by atomic mass is 35.5. The Balaban J connectivity index is 1.83. The molecule has 1 N–H and O–H groups in total. The summed E-state index contributed by atoms with van der Waals surface area (Å²) >= 11 is 5.76. The second-order valence-electron chi connectivity index (χ2n) is 5.28. The number of nitrogens with zero attached hydrogens (tertiary/aromatic N) is 1. The molecule has 0 saturated carbocycles. The number of pyridine rings is 1. The maximum absolute atomic E-state index is 13.6. The fraction of sp³-hybridized carbons (Fsp3) is 0. The van der Waals surface area contributed by atoms with Crippen LogP contribution in [0.5, 0.6) is 0 Å². The number of carbonyl (C=O) groups excluding carboxylic acids is 1. The molecule has 0 aliphatic carbocycles. The van der Waals surface area contributed by atoms with Crippen LogP contribution in [0.15, 0.2) is 76.8 Å². The minimum atomic E-state index is -3.83. The fourth-order valence-corrected chi connectivity index (χ4v) is 3.47. The van der Waals surface area contributed by atoms with Crippen LogP contribution in [0.1, 0.15) is 10.4 Å². The first kappa shape index (κ1) is 18.0. The normalized spacial score (nSPS) is 11.2. The zero-order valence-electron chi connectivity index (χ0n) is 13.2. The Kier molecular flexibility index (Phi) is 5.01. The number of benzene rings is 2. The summed E-state index contributed by atoms with van der Waals surface area (Å²) in [7, 11) is -3.83. The summed E-state index contributed by atoms with van der Waals surface area (Å²) in [6.07, 6.45) is 1.12. The number of nitrogens with one attached hydrogen (secondary N) is 1. The lowest BCUT2D eigenvalue weighted by atomic mass is 10.2. The standard InChI is InChI=1S/C18H12ClFN2O3S/c19-13-6-8-14(9-7-13)26(24,25)17-10-5-12(11-21-17)18(23)22-16-4-2-1-3-15(16)20/h1-11H,(H,22,23). The van der Waals surface area contributed by atoms with E-state index in [0.717, 1.165) is 6.20 Å². The number of hydrogen-bond donors (Lipinski definition) is 1. The van der Waals surface area contributed by atoms with Gasteiger partial charge >= 0.3 is 0 Å². The Morgan fingerprint density at radius 1 is 1.00 bits per heavy atom. The van der Waals surface area contributed by atoms with E-state index in [1.165, 1.54) is 54.6 Å². The predicted octanol–water partition coefficient (Wildman–Crippen LogP) is 3.96. The number of halogens is 2. The van der Waals surface area contributed by atoms with E-state index in [2.05, 4.69) is 10.3 Å². The Labute approximate surface area is 154 Å². The monoisotopic (exact) mass is 390 g/mol. The number of sulfone groups is 1. The molecule has 26 heavy (non-hydrogen) atoms. The number of hydrogen-bond acceptors (Lipinski definition) is 4. The number of rotatable bonds is 4. The summed E-state index contributed by atoms with van der Waals surface area (Å²) in [5.41, 5.74) is 0.124. The van der Waals surface area contributed by atoms with Gasteiger partial charge in [-0.15, -0.1) is 0 Å². The maximum atomic E-state index is 13.6. The molecule has 0 spiro atoms. The van der Waals surface area contributed by atoms with E-state index >= 15 is 0 Å². The smallest absolute Gasteiger partial charge is 0.257 e. The van der Waals surface area contributed by atoms with E-state index in [1.54, 1.807) is 6.07 Å². The van der Waals surface area contributed by atoms with Crippen LogP contribution in [0.25, 0.3) is 0 Å². The lowest BCUT2D eigenvalue weighted by molar-refractivity contribution is 0.102. The van der Waals surface area contributed by atoms with Crippen LogP contribution < -0.4 is 5.32 Å². The zero-order chi connectivity index (χ0) is 18.7. The molecule has 0 aliphatic heterocycles. The molecule has 0 aliphatic rings. The van der Waals surface area contributed by atoms with Gasteiger partial charge in [0.2, 0.25) is 9.84 Å². The first-order valence-electron chi connectivity index (χ1n) is 7.40. The Bertz CT molecular complexity index is 1050. The highest BCUT2D eigenvalue weighted by molar-refractivity contribution is 7.91. The van der Waals surface area contributed by atoms with E-state index in [0.29, 0.717) is 5.02 Å². The molecule has 5 nitrogen and oxygen atoms in total. The molecule has 1 aromatic heterocycles. The van der Waals surface area contributed by atoms with Crippen LogP contribution in [-0.4, -0.2) is 19.3 Å². The van der Waals surface area contributed by atoms with Gasteiger partial charge in [-0.05, 0) is 48.5 Å². The van der Waals surface area contributed by atoms with Crippen molar-refractivity contribution >= 4 is 33.0 Å². The van der Waals surface area contributed by atoms with Crippen molar-refractivity contribution in [3.8, 4) is 0 Å². The van der Waals surface area contributed by atoms with Gasteiger partial charge in [-0.1, -0.05) is 23.7 Å². The van der Waals surface area contributed by atoms with Gasteiger partial charge in [0.05, 0.1) is 16.1 Å². The number of anilines is 1. The summed E-state index contributed by atoms with van der Waals surface area (Å²) in [6, 6.07) is 13.9. The second kappa shape index (κ2) is 7.23. The van der Waals surface area contributed by atoms with E-state index in [1.807, 2.05) is 0 Å². The summed E-state index contributed by atoms with van der Waals surface area (Å²) < 4.78 is 38.6. The molecular formula is C18H12ClFN2O3S. The first-order chi connectivity index (χ1) is 12.4. The van der Waals surface area contributed by atoms with Crippen LogP contribution in [-0.2, 0) is 9.84 Å². The average Bonchev–Trinajstić information content (AvgIpc) is 2.64. The summed E-state index contributed by atoms with van der Waals surface area (Å²) in [4.78, 5) is 16.1. The molecule has 8 heteroatoms. The van der Waals surface area contributed by atoms with Crippen LogP contribution in [0.2, 0.25) is 5.02 Å². The fourth-order valence-electron chi connectivity index (χ4n) is 2.17. The summed E-state index contributed by atoms with van der Waals surface area (Å²) in [5.74, 6) is -1.17. The molecule has 3 aromatic rings. The molecule has 0 radical (unpaired) electrons. The molecule has 0 saturated heterocycles. The predicted molar refractivity (Wildman–Crippen MR) is 95.5 cm³/mol. The van der Waals surface area contributed by atoms with E-state index in [-0.39, 0.29) is 21.2 Å². The zero-order valence-corrected chi connectivity index (χ0v) is 14.8. The Hall–Kier alpha value is -2.77. The van der Waals surface area contributed by atoms with Crippen molar-refractivity contribution < 1.29 is 17.6 Å². The van der Waals surface area contributed by atoms with Gasteiger partial charge < -0.3 is 5.32 Å². The highest BCUT2D eigenvalue weighted by Gasteiger charge is 2.20. The van der Waals surface area contributed by atoms with Crippen LogP contribution in [0, 0.1) is 5.82 Å². The minimum absolute atomic E-state index is 0.0235. The second-order valence-corrected chi connectivity index (χ2v) is 7.61. The van der Waals surface area contributed by atoms with Crippen molar-refractivity contribution in [1.82, 2.24) is 4.98 Å². The molecule has 1 heterocycles. The van der Waals surface area contributed by atoms with Gasteiger partial charge in [-0.3, -0.25) is 4.79 Å². The van der Waals surface area contributed by atoms with Crippen LogP contribution in [0.3, 0.4) is 0 Å². The highest BCUT2D eigenvalue weighted by Crippen LogP contribution is 2.21. The number of carbonyl (C=O) groups is 1. The van der Waals surface area contributed by atoms with E-state index in [9.17, 15) is 17.6 Å². The average molecular weight is 391 g/mol. The molecule has 3 rings (SSSR count). The molecule has 0 bridgehead atoms. The van der Waals surface area contributed by atoms with Gasteiger partial charge in [0.1, 0.15) is 5.82 Å². The molecular weight excluding hydrogens is 379 g/mol. The maximum Gasteiger partial charge on any atom is 0.257 e. The third-order valence-corrected chi connectivity index (χ3v) is 5.46. The molecule has 1 amide bonds. The third-order valence-electron chi connectivity index (χ3n) is 3.52. The van der Waals surface area contributed by atoms with Crippen molar-refractivity contribution in [1.29, 1.82) is 0 Å². The number of para-hydroxylation sites is 1. The van der Waals surface area contributed by atoms with Crippen LogP contribution >= 0.6 is 11.6 Å². The summed E-state index contributed by atoms with van der Waals surface area (Å²) in [6.45, 7) is 0. The van der Waals surface area contributed by atoms with Gasteiger partial charge in [0.25, 0.3) is 5.91 Å². The third kappa shape index (κ3) is 3.74. The van der Waals surface area contributed by atoms with Crippen molar-refractivity contribution in [2.24, 2.45) is 0 Å². The molecule has 132 valence electrons. The largest absolute Gasteiger partial charge is 0.319 e. The minimum Gasteiger partial charge on any atom is -0.319 e. The van der Waals surface area contributed by atoms with Crippen molar-refractivity contribution in [3.63, 3.8) is 0 Å². The van der Waals surface area contributed by atoms with Gasteiger partial charge in [-0.2, -0.15) is 0 Å². The molecule has 0 unspecified atom stereocenters. The van der Waals surface area contributed by atoms with Crippen molar-refractivity contribution in [2.75, 3.05) is 5.32 Å². The Morgan fingerprint density at radius 2 is 1.69 bits per heavy atom. The number of amides is 1. The Morgan fingerprint density at radius 3 is 2.31 bits per heavy atom. The van der Waals surface area contributed by atoms with E-state index in [4.69, 9.17) is 11.6 Å². The van der Waals surface area contributed by atoms with Crippen molar-refractivity contribution in [3.05, 3.63) is 83.3 Å². The van der Waals surface area contributed by atoms with Gasteiger partial charge in [-0.25, -0.2) is 17.8 Å². The molecule has 0 fully saturated rings. The quantitative estimate of drug-likeness (QED) is 0.731. The number of aromatic nitrogens is 1. The van der Waals surface area contributed by atoms with E-state index < -0.39 is 21.6 Å². The lowest BCUT2D eigenvalue weighted by Crippen LogP contribution is -2.14.